The van der Waals surface area contributed by atoms with Gasteiger partial charge in [0.2, 0.25) is 0 Å². The Morgan fingerprint density at radius 1 is 0.635 bits per heavy atom. The first kappa shape index (κ1) is 39.8. The molecule has 0 fully saturated rings. The van der Waals surface area contributed by atoms with Crippen molar-refractivity contribution in [3.05, 3.63) is 118 Å². The van der Waals surface area contributed by atoms with E-state index in [0.717, 1.165) is 43.6 Å². The third kappa shape index (κ3) is 9.60. The first-order valence-corrected chi connectivity index (χ1v) is 21.2. The van der Waals surface area contributed by atoms with Crippen molar-refractivity contribution in [3.8, 4) is 11.5 Å². The molecule has 3 N–H and O–H groups in total. The van der Waals surface area contributed by atoms with Crippen molar-refractivity contribution < 1.29 is 20.1 Å². The number of carboxylic acids is 1. The molecule has 0 saturated carbocycles. The molecule has 2 unspecified atom stereocenters. The Bertz CT molecular complexity index is 1770. The molecule has 4 aromatic carbocycles. The van der Waals surface area contributed by atoms with Crippen LogP contribution in [0.25, 0.3) is 0 Å². The van der Waals surface area contributed by atoms with Gasteiger partial charge in [0, 0.05) is 38.5 Å². The maximum absolute atomic E-state index is 10.8. The number of hydrogen-bond acceptors (Lipinski definition) is 5. The fourth-order valence-corrected chi connectivity index (χ4v) is 11.1. The number of unbranched alkanes of at least 4 members (excludes halogenated alkanes) is 5. The maximum atomic E-state index is 10.8. The number of carbonyl (C=O) groups is 1. The number of hydrogen-bond donors (Lipinski definition) is 3. The van der Waals surface area contributed by atoms with Crippen LogP contribution in [-0.2, 0) is 15.6 Å². The van der Waals surface area contributed by atoms with Crippen molar-refractivity contribution in [3.63, 3.8) is 0 Å². The summed E-state index contributed by atoms with van der Waals surface area (Å²) in [6.07, 6.45) is 10.5. The van der Waals surface area contributed by atoms with E-state index in [1.807, 2.05) is 35.7 Å². The van der Waals surface area contributed by atoms with Crippen molar-refractivity contribution in [2.75, 3.05) is 11.5 Å². The lowest BCUT2D eigenvalue weighted by molar-refractivity contribution is -0.137. The molecule has 4 aromatic rings. The van der Waals surface area contributed by atoms with E-state index in [1.54, 1.807) is 12.1 Å². The number of aliphatic carboxylic acids is 1. The van der Waals surface area contributed by atoms with Gasteiger partial charge in [-0.2, -0.15) is 0 Å². The summed E-state index contributed by atoms with van der Waals surface area (Å²) in [7, 11) is 0. The van der Waals surface area contributed by atoms with Crippen LogP contribution in [0.2, 0.25) is 0 Å². The van der Waals surface area contributed by atoms with E-state index in [-0.39, 0.29) is 17.3 Å². The van der Waals surface area contributed by atoms with Crippen LogP contribution in [0.5, 0.6) is 11.5 Å². The van der Waals surface area contributed by atoms with Gasteiger partial charge >= 0.3 is 5.97 Å². The van der Waals surface area contributed by atoms with E-state index < -0.39 is 5.97 Å². The number of phenolic OH excluding ortho intramolecular Hbond substituents is 2. The fraction of sp³-hybridized carbons (Fsp3) is 0.457. The Morgan fingerprint density at radius 2 is 1.12 bits per heavy atom. The second kappa shape index (κ2) is 18.1. The first-order valence-electron chi connectivity index (χ1n) is 19.2. The van der Waals surface area contributed by atoms with E-state index in [0.29, 0.717) is 23.3 Å². The quantitative estimate of drug-likeness (QED) is 0.119. The van der Waals surface area contributed by atoms with Gasteiger partial charge in [0.25, 0.3) is 0 Å². The number of carboxylic acid groups (broad SMARTS) is 1. The normalized spacial score (nSPS) is 22.1. The zero-order chi connectivity index (χ0) is 37.3. The Morgan fingerprint density at radius 3 is 1.67 bits per heavy atom. The number of aryl methyl sites for hydroxylation is 2. The molecule has 0 radical (unpaired) electrons. The largest absolute Gasteiger partial charge is 0.508 e. The van der Waals surface area contributed by atoms with E-state index in [9.17, 15) is 15.0 Å². The summed E-state index contributed by atoms with van der Waals surface area (Å²) >= 11 is 3.82. The monoisotopic (exact) mass is 738 g/mol. The minimum absolute atomic E-state index is 0.0363. The van der Waals surface area contributed by atoms with Crippen LogP contribution in [0.15, 0.2) is 94.7 Å². The topological polar surface area (TPSA) is 77.8 Å². The molecule has 52 heavy (non-hydrogen) atoms. The number of phenols is 2. The molecular formula is C46H58O4S2. The fourth-order valence-electron chi connectivity index (χ4n) is 8.20. The molecule has 0 bridgehead atoms. The zero-order valence-electron chi connectivity index (χ0n) is 31.8. The van der Waals surface area contributed by atoms with Gasteiger partial charge in [0.05, 0.1) is 0 Å². The van der Waals surface area contributed by atoms with E-state index in [2.05, 4.69) is 95.3 Å². The number of aromatic hydroxyl groups is 2. The molecule has 0 aromatic heterocycles. The molecule has 2 heterocycles. The van der Waals surface area contributed by atoms with Crippen LogP contribution in [0.3, 0.4) is 0 Å². The lowest BCUT2D eigenvalue weighted by Gasteiger charge is -2.43. The van der Waals surface area contributed by atoms with E-state index >= 15 is 0 Å². The van der Waals surface area contributed by atoms with Crippen molar-refractivity contribution in [1.29, 1.82) is 0 Å². The minimum Gasteiger partial charge on any atom is -0.508 e. The number of thioether (sulfide) groups is 2. The van der Waals surface area contributed by atoms with Gasteiger partial charge in [-0.25, -0.2) is 0 Å². The Labute approximate surface area is 320 Å². The van der Waals surface area contributed by atoms with Crippen LogP contribution in [0, 0.1) is 13.8 Å². The van der Waals surface area contributed by atoms with Gasteiger partial charge < -0.3 is 15.3 Å². The Balaban J connectivity index is 0.000000202. The van der Waals surface area contributed by atoms with Gasteiger partial charge in [-0.05, 0) is 97.5 Å². The second-order valence-corrected chi connectivity index (χ2v) is 17.6. The molecule has 4 nitrogen and oxygen atoms in total. The molecule has 2 aliphatic rings. The molecule has 278 valence electrons. The Kier molecular flexibility index (Phi) is 13.9. The highest BCUT2D eigenvalue weighted by atomic mass is 32.2. The smallest absolute Gasteiger partial charge is 0.303 e. The zero-order valence-corrected chi connectivity index (χ0v) is 33.4. The van der Waals surface area contributed by atoms with Crippen LogP contribution in [0.4, 0.5) is 0 Å². The van der Waals surface area contributed by atoms with E-state index in [4.69, 9.17) is 5.11 Å². The summed E-state index contributed by atoms with van der Waals surface area (Å²) < 4.78 is 0. The average Bonchev–Trinajstić information content (AvgIpc) is 3.12. The summed E-state index contributed by atoms with van der Waals surface area (Å²) in [6.45, 7) is 11.3. The molecular weight excluding hydrogens is 681 g/mol. The third-order valence-corrected chi connectivity index (χ3v) is 14.3. The highest BCUT2D eigenvalue weighted by molar-refractivity contribution is 7.99. The predicted octanol–water partition coefficient (Wildman–Crippen LogP) is 12.7. The molecule has 6 heteroatoms. The van der Waals surface area contributed by atoms with Crippen molar-refractivity contribution in [2.24, 2.45) is 0 Å². The average molecular weight is 739 g/mol. The molecule has 4 atom stereocenters. The minimum atomic E-state index is -0.686. The number of fused-ring (bicyclic) bond motifs is 2. The van der Waals surface area contributed by atoms with E-state index in [1.165, 1.54) is 68.9 Å². The predicted molar refractivity (Wildman–Crippen MR) is 220 cm³/mol. The summed E-state index contributed by atoms with van der Waals surface area (Å²) in [6, 6.07) is 29.5. The summed E-state index contributed by atoms with van der Waals surface area (Å²) in [4.78, 5) is 13.4. The van der Waals surface area contributed by atoms with Crippen LogP contribution in [-0.4, -0.2) is 32.8 Å². The third-order valence-electron chi connectivity index (χ3n) is 11.5. The van der Waals surface area contributed by atoms with Crippen molar-refractivity contribution >= 4 is 29.5 Å². The number of benzene rings is 4. The lowest BCUT2D eigenvalue weighted by Crippen LogP contribution is -2.36. The van der Waals surface area contributed by atoms with Crippen LogP contribution >= 0.6 is 23.5 Å². The number of rotatable bonds is 13. The van der Waals surface area contributed by atoms with Gasteiger partial charge in [-0.1, -0.05) is 125 Å². The molecule has 0 aliphatic carbocycles. The van der Waals surface area contributed by atoms with Crippen LogP contribution in [0.1, 0.15) is 130 Å². The van der Waals surface area contributed by atoms with Crippen molar-refractivity contribution in [2.45, 2.75) is 131 Å². The summed E-state index contributed by atoms with van der Waals surface area (Å²) in [5, 5.41) is 28.4. The van der Waals surface area contributed by atoms with Crippen molar-refractivity contribution in [1.82, 2.24) is 0 Å². The maximum Gasteiger partial charge on any atom is 0.303 e. The van der Waals surface area contributed by atoms with Gasteiger partial charge in [0.1, 0.15) is 11.5 Å². The highest BCUT2D eigenvalue weighted by Crippen LogP contribution is 2.53. The van der Waals surface area contributed by atoms with Crippen LogP contribution < -0.4 is 0 Å². The molecule has 0 amide bonds. The summed E-state index contributed by atoms with van der Waals surface area (Å²) in [5.74, 6) is 2.98. The molecule has 0 saturated heterocycles. The molecule has 2 aliphatic heterocycles. The van der Waals surface area contributed by atoms with Gasteiger partial charge in [-0.3, -0.25) is 4.79 Å². The van der Waals surface area contributed by atoms with Gasteiger partial charge in [-0.15, -0.1) is 23.5 Å². The standard InChI is InChI=1S/C24H30O2S.C22H28O2S/c1-17-9-12-19(13-10-17)24(3)16-27-22-15-18(2)11-14-20(22)21(24)7-5-4-6-8-23(25)26;1-3-4-5-6-7-20-19-13-12-18(24)14-21(19)25-15-22(20,2)16-8-10-17(23)11-9-16/h9-15,21H,4-8,16H2,1-3H3,(H,25,26);8-14,20,23-24H,3-7,15H2,1-2H3/t;20-,22-/m.1/s1. The highest BCUT2D eigenvalue weighted by Gasteiger charge is 2.42. The molecule has 0 spiro atoms. The summed E-state index contributed by atoms with van der Waals surface area (Å²) in [5.41, 5.74) is 8.30. The van der Waals surface area contributed by atoms with Gasteiger partial charge in [0.15, 0.2) is 0 Å². The SMILES string of the molecule is CCCCCC[C@@H]1c2ccc(O)cc2SC[C@]1(C)c1ccc(O)cc1.Cc1ccc(C2(C)CSc3cc(C)ccc3C2CCCCCC(=O)O)cc1. The Hall–Kier alpha value is -3.35. The lowest BCUT2D eigenvalue weighted by atomic mass is 9.67. The second-order valence-electron chi connectivity index (χ2n) is 15.5. The first-order chi connectivity index (χ1) is 24.9. The molecule has 6 rings (SSSR count).